The molecule has 0 saturated carbocycles. The summed E-state index contributed by atoms with van der Waals surface area (Å²) >= 11 is 0. The fourth-order valence-corrected chi connectivity index (χ4v) is 2.48. The highest BCUT2D eigenvalue weighted by Crippen LogP contribution is 2.28. The lowest BCUT2D eigenvalue weighted by molar-refractivity contribution is -0.146. The van der Waals surface area contributed by atoms with Gasteiger partial charge in [-0.15, -0.1) is 0 Å². The van der Waals surface area contributed by atoms with E-state index in [0.29, 0.717) is 5.92 Å². The zero-order valence-electron chi connectivity index (χ0n) is 11.3. The van der Waals surface area contributed by atoms with Crippen molar-refractivity contribution in [1.29, 1.82) is 0 Å². The van der Waals surface area contributed by atoms with Crippen LogP contribution in [0.5, 0.6) is 0 Å². The largest absolute Gasteiger partial charge is 0.468 e. The number of methoxy groups -OCH3 is 1. The summed E-state index contributed by atoms with van der Waals surface area (Å²) in [5.41, 5.74) is 1.77. The van der Waals surface area contributed by atoms with Gasteiger partial charge in [0.2, 0.25) is 0 Å². The number of hydrogen-bond acceptors (Lipinski definition) is 3. The summed E-state index contributed by atoms with van der Waals surface area (Å²) < 4.78 is 4.85. The first kappa shape index (κ1) is 13.1. The van der Waals surface area contributed by atoms with Gasteiger partial charge in [0.05, 0.1) is 12.5 Å². The molecule has 1 aliphatic rings. The Morgan fingerprint density at radius 2 is 2.00 bits per heavy atom. The van der Waals surface area contributed by atoms with E-state index < -0.39 is 5.41 Å². The second-order valence-electron chi connectivity index (χ2n) is 5.43. The monoisotopic (exact) mass is 247 g/mol. The van der Waals surface area contributed by atoms with Crippen molar-refractivity contribution in [3.05, 3.63) is 35.4 Å². The Bertz CT molecular complexity index is 417. The highest BCUT2D eigenvalue weighted by atomic mass is 16.5. The van der Waals surface area contributed by atoms with Gasteiger partial charge < -0.3 is 10.1 Å². The Hall–Kier alpha value is -1.35. The molecule has 98 valence electrons. The molecule has 1 saturated heterocycles. The highest BCUT2D eigenvalue weighted by Gasteiger charge is 2.30. The fraction of sp³-hybridized carbons (Fsp3) is 0.533. The Morgan fingerprint density at radius 1 is 1.33 bits per heavy atom. The molecule has 3 heteroatoms. The smallest absolute Gasteiger partial charge is 0.315 e. The van der Waals surface area contributed by atoms with Crippen LogP contribution in [0.15, 0.2) is 24.3 Å². The number of carbonyl (C=O) groups excluding carboxylic acids is 1. The van der Waals surface area contributed by atoms with Crippen LogP contribution in [0.2, 0.25) is 0 Å². The first-order valence-electron chi connectivity index (χ1n) is 6.45. The van der Waals surface area contributed by atoms with E-state index in [2.05, 4.69) is 17.4 Å². The predicted octanol–water partition coefficient (Wildman–Crippen LogP) is 2.21. The molecule has 1 fully saturated rings. The average molecular weight is 247 g/mol. The number of benzene rings is 1. The third kappa shape index (κ3) is 2.41. The van der Waals surface area contributed by atoms with Crippen LogP contribution in [-0.4, -0.2) is 26.2 Å². The first-order chi connectivity index (χ1) is 8.55. The quantitative estimate of drug-likeness (QED) is 0.832. The SMILES string of the molecule is COC(=O)C(C)(C)c1ccc(C2CCNC2)cc1. The van der Waals surface area contributed by atoms with Gasteiger partial charge in [0, 0.05) is 6.54 Å². The number of rotatable bonds is 3. The van der Waals surface area contributed by atoms with Crippen molar-refractivity contribution in [3.63, 3.8) is 0 Å². The van der Waals surface area contributed by atoms with Gasteiger partial charge in [0.25, 0.3) is 0 Å². The molecule has 1 aliphatic heterocycles. The molecule has 0 bridgehead atoms. The van der Waals surface area contributed by atoms with E-state index in [-0.39, 0.29) is 5.97 Å². The van der Waals surface area contributed by atoms with Crippen molar-refractivity contribution in [2.45, 2.75) is 31.6 Å². The Balaban J connectivity index is 2.18. The van der Waals surface area contributed by atoms with Crippen LogP contribution in [-0.2, 0) is 14.9 Å². The fourth-order valence-electron chi connectivity index (χ4n) is 2.48. The van der Waals surface area contributed by atoms with Gasteiger partial charge in [-0.3, -0.25) is 4.79 Å². The van der Waals surface area contributed by atoms with Crippen molar-refractivity contribution >= 4 is 5.97 Å². The summed E-state index contributed by atoms with van der Waals surface area (Å²) in [5, 5.41) is 3.37. The normalized spacial score (nSPS) is 19.8. The molecule has 1 unspecified atom stereocenters. The number of hydrogen-bond donors (Lipinski definition) is 1. The number of carbonyl (C=O) groups is 1. The maximum atomic E-state index is 11.7. The summed E-state index contributed by atoms with van der Waals surface area (Å²) in [6, 6.07) is 8.37. The molecule has 2 rings (SSSR count). The lowest BCUT2D eigenvalue weighted by Gasteiger charge is -2.22. The second kappa shape index (κ2) is 5.11. The van der Waals surface area contributed by atoms with Gasteiger partial charge in [0.1, 0.15) is 0 Å². The second-order valence-corrected chi connectivity index (χ2v) is 5.43. The third-order valence-corrected chi connectivity index (χ3v) is 3.86. The van der Waals surface area contributed by atoms with Gasteiger partial charge in [-0.25, -0.2) is 0 Å². The minimum atomic E-state index is -0.582. The van der Waals surface area contributed by atoms with Crippen molar-refractivity contribution in [3.8, 4) is 0 Å². The number of esters is 1. The highest BCUT2D eigenvalue weighted by molar-refractivity contribution is 5.82. The van der Waals surface area contributed by atoms with Gasteiger partial charge in [-0.05, 0) is 43.9 Å². The zero-order chi connectivity index (χ0) is 13.2. The summed E-state index contributed by atoms with van der Waals surface area (Å²) in [4.78, 5) is 11.7. The number of nitrogens with one attached hydrogen (secondary N) is 1. The Kier molecular flexibility index (Phi) is 3.71. The van der Waals surface area contributed by atoms with Crippen LogP contribution < -0.4 is 5.32 Å². The average Bonchev–Trinajstić information content (AvgIpc) is 2.91. The van der Waals surface area contributed by atoms with Gasteiger partial charge in [0.15, 0.2) is 0 Å². The molecular weight excluding hydrogens is 226 g/mol. The van der Waals surface area contributed by atoms with E-state index in [1.807, 2.05) is 26.0 Å². The van der Waals surface area contributed by atoms with E-state index in [1.54, 1.807) is 0 Å². The topological polar surface area (TPSA) is 38.3 Å². The Labute approximate surface area is 109 Å². The van der Waals surface area contributed by atoms with Gasteiger partial charge >= 0.3 is 5.97 Å². The van der Waals surface area contributed by atoms with Crippen LogP contribution in [0.3, 0.4) is 0 Å². The van der Waals surface area contributed by atoms with Crippen molar-refractivity contribution < 1.29 is 9.53 Å². The zero-order valence-corrected chi connectivity index (χ0v) is 11.3. The molecular formula is C15H21NO2. The molecule has 1 N–H and O–H groups in total. The van der Waals surface area contributed by atoms with E-state index >= 15 is 0 Å². The Morgan fingerprint density at radius 3 is 2.50 bits per heavy atom. The lowest BCUT2D eigenvalue weighted by Crippen LogP contribution is -2.30. The minimum absolute atomic E-state index is 0.196. The molecule has 1 atom stereocenters. The van der Waals surface area contributed by atoms with E-state index in [1.165, 1.54) is 19.1 Å². The molecule has 1 aromatic rings. The first-order valence-corrected chi connectivity index (χ1v) is 6.45. The van der Waals surface area contributed by atoms with Gasteiger partial charge in [-0.1, -0.05) is 24.3 Å². The lowest BCUT2D eigenvalue weighted by atomic mass is 9.83. The minimum Gasteiger partial charge on any atom is -0.468 e. The van der Waals surface area contributed by atoms with Crippen LogP contribution in [0.4, 0.5) is 0 Å². The molecule has 1 heterocycles. The van der Waals surface area contributed by atoms with Crippen LogP contribution in [0, 0.1) is 0 Å². The molecule has 0 aliphatic carbocycles. The molecule has 0 spiro atoms. The molecule has 18 heavy (non-hydrogen) atoms. The van der Waals surface area contributed by atoms with E-state index in [0.717, 1.165) is 18.7 Å². The molecule has 0 radical (unpaired) electrons. The van der Waals surface area contributed by atoms with E-state index in [9.17, 15) is 4.79 Å². The molecule has 3 nitrogen and oxygen atoms in total. The predicted molar refractivity (Wildman–Crippen MR) is 71.7 cm³/mol. The molecule has 1 aromatic carbocycles. The van der Waals surface area contributed by atoms with Crippen LogP contribution in [0.1, 0.15) is 37.3 Å². The summed E-state index contributed by atoms with van der Waals surface area (Å²) in [7, 11) is 1.43. The van der Waals surface area contributed by atoms with Crippen molar-refractivity contribution in [2.75, 3.05) is 20.2 Å². The maximum absolute atomic E-state index is 11.7. The summed E-state index contributed by atoms with van der Waals surface area (Å²) in [5.74, 6) is 0.415. The maximum Gasteiger partial charge on any atom is 0.315 e. The standard InChI is InChI=1S/C15H21NO2/c1-15(2,14(17)18-3)13-6-4-11(5-7-13)12-8-9-16-10-12/h4-7,12,16H,8-10H2,1-3H3. The van der Waals surface area contributed by atoms with Crippen molar-refractivity contribution in [1.82, 2.24) is 5.32 Å². The van der Waals surface area contributed by atoms with E-state index in [4.69, 9.17) is 4.74 Å². The van der Waals surface area contributed by atoms with Crippen molar-refractivity contribution in [2.24, 2.45) is 0 Å². The van der Waals surface area contributed by atoms with Crippen LogP contribution in [0.25, 0.3) is 0 Å². The number of ether oxygens (including phenoxy) is 1. The summed E-state index contributed by atoms with van der Waals surface area (Å²) in [6.07, 6.45) is 1.19. The van der Waals surface area contributed by atoms with Crippen LogP contribution >= 0.6 is 0 Å². The third-order valence-electron chi connectivity index (χ3n) is 3.86. The molecule has 0 amide bonds. The van der Waals surface area contributed by atoms with Gasteiger partial charge in [-0.2, -0.15) is 0 Å². The molecule has 0 aromatic heterocycles. The summed E-state index contributed by atoms with van der Waals surface area (Å²) in [6.45, 7) is 5.94.